The Morgan fingerprint density at radius 3 is 2.56 bits per heavy atom. The van der Waals surface area contributed by atoms with Crippen molar-refractivity contribution in [3.63, 3.8) is 0 Å². The largest absolute Gasteiger partial charge is 0.444 e. The fourth-order valence-electron chi connectivity index (χ4n) is 2.53. The average molecular weight is 344 g/mol. The molecule has 0 saturated heterocycles. The fraction of sp³-hybridized carbons (Fsp3) is 0.389. The number of halogens is 1. The second kappa shape index (κ2) is 6.66. The molecular weight excluding hydrogens is 323 g/mol. The summed E-state index contributed by atoms with van der Waals surface area (Å²) in [6.07, 6.45) is 4.15. The lowest BCUT2D eigenvalue weighted by Gasteiger charge is -2.29. The van der Waals surface area contributed by atoms with Gasteiger partial charge in [-0.05, 0) is 57.0 Å². The number of nitrogens with zero attached hydrogens (tertiary/aromatic N) is 4. The topological polar surface area (TPSA) is 60.2 Å². The van der Waals surface area contributed by atoms with Gasteiger partial charge >= 0.3 is 6.09 Å². The summed E-state index contributed by atoms with van der Waals surface area (Å²) in [6.45, 7) is 6.61. The van der Waals surface area contributed by atoms with E-state index in [1.807, 2.05) is 33.0 Å². The molecule has 0 N–H and O–H groups in total. The van der Waals surface area contributed by atoms with E-state index in [9.17, 15) is 9.18 Å². The first-order chi connectivity index (χ1) is 11.8. The van der Waals surface area contributed by atoms with Gasteiger partial charge in [0.25, 0.3) is 0 Å². The zero-order valence-corrected chi connectivity index (χ0v) is 14.6. The first-order valence-corrected chi connectivity index (χ1v) is 8.17. The van der Waals surface area contributed by atoms with Gasteiger partial charge in [0, 0.05) is 13.1 Å². The lowest BCUT2D eigenvalue weighted by atomic mass is 10.1. The van der Waals surface area contributed by atoms with Crippen molar-refractivity contribution in [1.29, 1.82) is 0 Å². The number of hydrogen-bond acceptors (Lipinski definition) is 4. The molecule has 0 aliphatic carbocycles. The maximum absolute atomic E-state index is 13.0. The molecule has 25 heavy (non-hydrogen) atoms. The van der Waals surface area contributed by atoms with Crippen molar-refractivity contribution in [2.24, 2.45) is 0 Å². The third-order valence-corrected chi connectivity index (χ3v) is 3.77. The van der Waals surface area contributed by atoms with Crippen molar-refractivity contribution in [2.75, 3.05) is 13.1 Å². The van der Waals surface area contributed by atoms with Gasteiger partial charge in [-0.25, -0.2) is 13.9 Å². The molecule has 0 fully saturated rings. The SMILES string of the molecule is CC(C)(C)OC(=O)N1CC=C(c2cn(-c3ccc(F)cc3)nn2)CC1. The number of carbonyl (C=O) groups excluding carboxylic acids is 1. The van der Waals surface area contributed by atoms with E-state index in [4.69, 9.17) is 4.74 Å². The smallest absolute Gasteiger partial charge is 0.410 e. The van der Waals surface area contributed by atoms with Gasteiger partial charge in [0.05, 0.1) is 11.9 Å². The van der Waals surface area contributed by atoms with Crippen molar-refractivity contribution in [3.05, 3.63) is 48.0 Å². The summed E-state index contributed by atoms with van der Waals surface area (Å²) in [6, 6.07) is 6.06. The van der Waals surface area contributed by atoms with Crippen LogP contribution < -0.4 is 0 Å². The molecule has 1 aliphatic heterocycles. The van der Waals surface area contributed by atoms with Gasteiger partial charge in [0.1, 0.15) is 17.1 Å². The van der Waals surface area contributed by atoms with Gasteiger partial charge in [0.2, 0.25) is 0 Å². The molecule has 1 aliphatic rings. The normalized spacial score (nSPS) is 15.0. The predicted molar refractivity (Wildman–Crippen MR) is 91.7 cm³/mol. The second-order valence-corrected chi connectivity index (χ2v) is 6.93. The van der Waals surface area contributed by atoms with Gasteiger partial charge in [-0.2, -0.15) is 0 Å². The van der Waals surface area contributed by atoms with Crippen molar-refractivity contribution in [2.45, 2.75) is 32.8 Å². The first kappa shape index (κ1) is 17.1. The van der Waals surface area contributed by atoms with E-state index in [2.05, 4.69) is 10.3 Å². The highest BCUT2D eigenvalue weighted by Crippen LogP contribution is 2.22. The van der Waals surface area contributed by atoms with E-state index in [1.165, 1.54) is 12.1 Å². The molecule has 1 aromatic carbocycles. The summed E-state index contributed by atoms with van der Waals surface area (Å²) in [5.74, 6) is -0.290. The number of rotatable bonds is 2. The van der Waals surface area contributed by atoms with E-state index in [1.54, 1.807) is 21.7 Å². The minimum atomic E-state index is -0.501. The number of ether oxygens (including phenoxy) is 1. The third kappa shape index (κ3) is 4.23. The summed E-state index contributed by atoms with van der Waals surface area (Å²) in [5.41, 5.74) is 2.03. The molecule has 2 heterocycles. The van der Waals surface area contributed by atoms with Gasteiger partial charge in [-0.1, -0.05) is 11.3 Å². The molecule has 6 nitrogen and oxygen atoms in total. The van der Waals surface area contributed by atoms with Gasteiger partial charge in [-0.3, -0.25) is 0 Å². The molecule has 1 aromatic heterocycles. The third-order valence-electron chi connectivity index (χ3n) is 3.77. The van der Waals surface area contributed by atoms with Crippen LogP contribution in [0.2, 0.25) is 0 Å². The lowest BCUT2D eigenvalue weighted by Crippen LogP contribution is -2.39. The Bertz CT molecular complexity index is 790. The zero-order chi connectivity index (χ0) is 18.0. The lowest BCUT2D eigenvalue weighted by molar-refractivity contribution is 0.0270. The number of benzene rings is 1. The average Bonchev–Trinajstić information content (AvgIpc) is 3.04. The van der Waals surface area contributed by atoms with Crippen molar-refractivity contribution < 1.29 is 13.9 Å². The van der Waals surface area contributed by atoms with Crippen LogP contribution >= 0.6 is 0 Å². The maximum atomic E-state index is 13.0. The zero-order valence-electron chi connectivity index (χ0n) is 14.6. The number of aromatic nitrogens is 3. The Balaban J connectivity index is 1.68. The highest BCUT2D eigenvalue weighted by atomic mass is 19.1. The molecule has 3 rings (SSSR count). The van der Waals surface area contributed by atoms with E-state index >= 15 is 0 Å². The molecule has 132 valence electrons. The van der Waals surface area contributed by atoms with E-state index < -0.39 is 5.60 Å². The van der Waals surface area contributed by atoms with Crippen LogP contribution in [-0.2, 0) is 4.74 Å². The van der Waals surface area contributed by atoms with Crippen LogP contribution in [0.4, 0.5) is 9.18 Å². The molecule has 0 atom stereocenters. The minimum absolute atomic E-state index is 0.290. The van der Waals surface area contributed by atoms with Crippen LogP contribution in [0.5, 0.6) is 0 Å². The maximum Gasteiger partial charge on any atom is 0.410 e. The first-order valence-electron chi connectivity index (χ1n) is 8.17. The summed E-state index contributed by atoms with van der Waals surface area (Å²) < 4.78 is 20.0. The Morgan fingerprint density at radius 1 is 1.24 bits per heavy atom. The summed E-state index contributed by atoms with van der Waals surface area (Å²) in [4.78, 5) is 13.8. The molecule has 0 unspecified atom stereocenters. The number of hydrogen-bond donors (Lipinski definition) is 0. The Labute approximate surface area is 145 Å². The highest BCUT2D eigenvalue weighted by molar-refractivity contribution is 5.71. The molecule has 1 amide bonds. The van der Waals surface area contributed by atoms with Crippen LogP contribution in [0.25, 0.3) is 11.3 Å². The molecule has 0 spiro atoms. The number of carbonyl (C=O) groups is 1. The van der Waals surface area contributed by atoms with Crippen molar-refractivity contribution in [1.82, 2.24) is 19.9 Å². The molecular formula is C18H21FN4O2. The standard InChI is InChI=1S/C18H21FN4O2/c1-18(2,3)25-17(24)22-10-8-13(9-11-22)16-12-23(21-20-16)15-6-4-14(19)5-7-15/h4-8,12H,9-11H2,1-3H3. The van der Waals surface area contributed by atoms with Crippen LogP contribution in [0.3, 0.4) is 0 Å². The fourth-order valence-corrected chi connectivity index (χ4v) is 2.53. The molecule has 2 aromatic rings. The predicted octanol–water partition coefficient (Wildman–Crippen LogP) is 3.43. The molecule has 0 radical (unpaired) electrons. The molecule has 7 heteroatoms. The van der Waals surface area contributed by atoms with Crippen molar-refractivity contribution >= 4 is 11.7 Å². The number of amides is 1. The highest BCUT2D eigenvalue weighted by Gasteiger charge is 2.24. The van der Waals surface area contributed by atoms with Crippen LogP contribution in [0.15, 0.2) is 36.5 Å². The molecule has 0 saturated carbocycles. The van der Waals surface area contributed by atoms with Gasteiger partial charge in [0.15, 0.2) is 0 Å². The second-order valence-electron chi connectivity index (χ2n) is 6.93. The van der Waals surface area contributed by atoms with Crippen LogP contribution in [-0.4, -0.2) is 44.7 Å². The summed E-state index contributed by atoms with van der Waals surface area (Å²) >= 11 is 0. The van der Waals surface area contributed by atoms with E-state index in [0.717, 1.165) is 17.0 Å². The summed E-state index contributed by atoms with van der Waals surface area (Å²) in [5, 5.41) is 8.28. The van der Waals surface area contributed by atoms with Crippen molar-refractivity contribution in [3.8, 4) is 5.69 Å². The summed E-state index contributed by atoms with van der Waals surface area (Å²) in [7, 11) is 0. The van der Waals surface area contributed by atoms with E-state index in [0.29, 0.717) is 19.5 Å². The Hall–Kier alpha value is -2.70. The Morgan fingerprint density at radius 2 is 1.96 bits per heavy atom. The van der Waals surface area contributed by atoms with E-state index in [-0.39, 0.29) is 11.9 Å². The quantitative estimate of drug-likeness (QED) is 0.837. The van der Waals surface area contributed by atoms with Gasteiger partial charge < -0.3 is 9.64 Å². The van der Waals surface area contributed by atoms with Crippen LogP contribution in [0.1, 0.15) is 32.9 Å². The van der Waals surface area contributed by atoms with Crippen LogP contribution in [0, 0.1) is 5.82 Å². The molecule has 0 bridgehead atoms. The minimum Gasteiger partial charge on any atom is -0.444 e. The monoisotopic (exact) mass is 344 g/mol. The Kier molecular flexibility index (Phi) is 4.57. The van der Waals surface area contributed by atoms with Gasteiger partial charge in [-0.15, -0.1) is 5.10 Å².